The molecule has 150 valence electrons. The standard InChI is InChI=1S/C24H22FN5/c25-21-8-6-18(7-9-21)12-15-27-23-16-22(20-4-2-1-3-5-20)29-24(30-23)28-17-19-10-13-26-14-11-19/h1-11,13-14,16H,12,15,17H2,(H2,27,28,29,30). The zero-order valence-electron chi connectivity index (χ0n) is 16.4. The molecule has 0 bridgehead atoms. The Balaban J connectivity index is 1.50. The van der Waals surface area contributed by atoms with Crippen LogP contribution >= 0.6 is 0 Å². The first-order chi connectivity index (χ1) is 14.8. The Morgan fingerprint density at radius 3 is 2.30 bits per heavy atom. The van der Waals surface area contributed by atoms with E-state index >= 15 is 0 Å². The van der Waals surface area contributed by atoms with Gasteiger partial charge in [0.1, 0.15) is 11.6 Å². The fourth-order valence-corrected chi connectivity index (χ4v) is 3.04. The number of rotatable bonds is 8. The van der Waals surface area contributed by atoms with Gasteiger partial charge in [0, 0.05) is 37.1 Å². The SMILES string of the molecule is Fc1ccc(CCNc2cc(-c3ccccc3)nc(NCc3ccncc3)n2)cc1. The summed E-state index contributed by atoms with van der Waals surface area (Å²) >= 11 is 0. The molecule has 5 nitrogen and oxygen atoms in total. The molecular formula is C24H22FN5. The van der Waals surface area contributed by atoms with Crippen LogP contribution in [-0.4, -0.2) is 21.5 Å². The zero-order valence-corrected chi connectivity index (χ0v) is 16.4. The lowest BCUT2D eigenvalue weighted by Crippen LogP contribution is -2.10. The van der Waals surface area contributed by atoms with Gasteiger partial charge in [-0.3, -0.25) is 4.98 Å². The van der Waals surface area contributed by atoms with Crippen LogP contribution in [0.2, 0.25) is 0 Å². The molecule has 0 spiro atoms. The van der Waals surface area contributed by atoms with Crippen LogP contribution < -0.4 is 10.6 Å². The van der Waals surface area contributed by atoms with Gasteiger partial charge in [0.15, 0.2) is 0 Å². The van der Waals surface area contributed by atoms with E-state index in [2.05, 4.69) is 25.6 Å². The van der Waals surface area contributed by atoms with E-state index < -0.39 is 0 Å². The van der Waals surface area contributed by atoms with Crippen LogP contribution in [0, 0.1) is 5.82 Å². The van der Waals surface area contributed by atoms with E-state index in [0.717, 1.165) is 34.6 Å². The van der Waals surface area contributed by atoms with E-state index in [1.54, 1.807) is 24.5 Å². The Morgan fingerprint density at radius 2 is 1.53 bits per heavy atom. The molecule has 4 aromatic rings. The molecule has 2 N–H and O–H groups in total. The minimum Gasteiger partial charge on any atom is -0.370 e. The van der Waals surface area contributed by atoms with Gasteiger partial charge in [-0.2, -0.15) is 4.98 Å². The van der Waals surface area contributed by atoms with E-state index in [1.165, 1.54) is 12.1 Å². The first-order valence-electron chi connectivity index (χ1n) is 9.82. The van der Waals surface area contributed by atoms with Crippen molar-refractivity contribution in [3.05, 3.63) is 102 Å². The summed E-state index contributed by atoms with van der Waals surface area (Å²) in [7, 11) is 0. The van der Waals surface area contributed by atoms with Crippen molar-refractivity contribution in [1.82, 2.24) is 15.0 Å². The second kappa shape index (κ2) is 9.60. The van der Waals surface area contributed by atoms with Crippen molar-refractivity contribution >= 4 is 11.8 Å². The maximum atomic E-state index is 13.1. The number of anilines is 2. The molecule has 2 aromatic carbocycles. The van der Waals surface area contributed by atoms with Gasteiger partial charge >= 0.3 is 0 Å². The lowest BCUT2D eigenvalue weighted by molar-refractivity contribution is 0.627. The molecule has 0 aliphatic heterocycles. The van der Waals surface area contributed by atoms with Crippen molar-refractivity contribution in [3.63, 3.8) is 0 Å². The molecule has 0 radical (unpaired) electrons. The van der Waals surface area contributed by atoms with E-state index in [4.69, 9.17) is 0 Å². The highest BCUT2D eigenvalue weighted by molar-refractivity contribution is 5.64. The maximum Gasteiger partial charge on any atom is 0.225 e. The number of benzene rings is 2. The van der Waals surface area contributed by atoms with Crippen LogP contribution in [0.3, 0.4) is 0 Å². The van der Waals surface area contributed by atoms with Crippen molar-refractivity contribution in [2.45, 2.75) is 13.0 Å². The third-order valence-corrected chi connectivity index (χ3v) is 4.63. The predicted molar refractivity (Wildman–Crippen MR) is 118 cm³/mol. The monoisotopic (exact) mass is 399 g/mol. The van der Waals surface area contributed by atoms with E-state index in [9.17, 15) is 4.39 Å². The van der Waals surface area contributed by atoms with Gasteiger partial charge in [-0.05, 0) is 41.8 Å². The Bertz CT molecular complexity index is 1070. The summed E-state index contributed by atoms with van der Waals surface area (Å²) in [5, 5.41) is 6.66. The van der Waals surface area contributed by atoms with Gasteiger partial charge in [-0.15, -0.1) is 0 Å². The normalized spacial score (nSPS) is 10.6. The van der Waals surface area contributed by atoms with Crippen molar-refractivity contribution < 1.29 is 4.39 Å². The summed E-state index contributed by atoms with van der Waals surface area (Å²) in [6.07, 6.45) is 4.30. The van der Waals surface area contributed by atoms with Gasteiger partial charge in [0.05, 0.1) is 5.69 Å². The molecule has 2 aromatic heterocycles. The third kappa shape index (κ3) is 5.38. The van der Waals surface area contributed by atoms with Crippen molar-refractivity contribution in [2.24, 2.45) is 0 Å². The van der Waals surface area contributed by atoms with Gasteiger partial charge in [-0.1, -0.05) is 42.5 Å². The highest BCUT2D eigenvalue weighted by Crippen LogP contribution is 2.21. The number of pyridine rings is 1. The van der Waals surface area contributed by atoms with Crippen LogP contribution in [0.1, 0.15) is 11.1 Å². The summed E-state index contributed by atoms with van der Waals surface area (Å²) in [4.78, 5) is 13.3. The van der Waals surface area contributed by atoms with Crippen LogP contribution in [-0.2, 0) is 13.0 Å². The molecule has 0 aliphatic rings. The zero-order chi connectivity index (χ0) is 20.6. The summed E-state index contributed by atoms with van der Waals surface area (Å²) in [5.74, 6) is 1.07. The largest absolute Gasteiger partial charge is 0.370 e. The second-order valence-electron chi connectivity index (χ2n) is 6.84. The number of hydrogen-bond donors (Lipinski definition) is 2. The summed E-state index contributed by atoms with van der Waals surface area (Å²) in [6, 6.07) is 22.4. The van der Waals surface area contributed by atoms with E-state index in [1.807, 2.05) is 48.5 Å². The van der Waals surface area contributed by atoms with Gasteiger partial charge in [0.25, 0.3) is 0 Å². The first-order valence-corrected chi connectivity index (χ1v) is 9.82. The summed E-state index contributed by atoms with van der Waals surface area (Å²) in [5.41, 5.74) is 4.03. The minimum absolute atomic E-state index is 0.222. The molecule has 0 amide bonds. The van der Waals surface area contributed by atoms with Gasteiger partial charge in [-0.25, -0.2) is 9.37 Å². The first kappa shape index (κ1) is 19.5. The number of hydrogen-bond acceptors (Lipinski definition) is 5. The minimum atomic E-state index is -0.222. The number of nitrogens with zero attached hydrogens (tertiary/aromatic N) is 3. The molecule has 0 fully saturated rings. The Labute approximate surface area is 175 Å². The quantitative estimate of drug-likeness (QED) is 0.439. The van der Waals surface area contributed by atoms with Gasteiger partial charge < -0.3 is 10.6 Å². The van der Waals surface area contributed by atoms with Crippen LogP contribution in [0.5, 0.6) is 0 Å². The van der Waals surface area contributed by atoms with Crippen LogP contribution in [0.15, 0.2) is 85.2 Å². The molecule has 0 saturated heterocycles. The van der Waals surface area contributed by atoms with Crippen LogP contribution in [0.4, 0.5) is 16.2 Å². The second-order valence-corrected chi connectivity index (χ2v) is 6.84. The highest BCUT2D eigenvalue weighted by atomic mass is 19.1. The fraction of sp³-hybridized carbons (Fsp3) is 0.125. The Hall–Kier alpha value is -3.80. The van der Waals surface area contributed by atoms with Crippen molar-refractivity contribution in [1.29, 1.82) is 0 Å². The van der Waals surface area contributed by atoms with Crippen LogP contribution in [0.25, 0.3) is 11.3 Å². The number of aromatic nitrogens is 3. The predicted octanol–water partition coefficient (Wildman–Crippen LogP) is 4.94. The molecular weight excluding hydrogens is 377 g/mol. The highest BCUT2D eigenvalue weighted by Gasteiger charge is 2.07. The number of halogens is 1. The molecule has 0 unspecified atom stereocenters. The smallest absolute Gasteiger partial charge is 0.225 e. The lowest BCUT2D eigenvalue weighted by atomic mass is 10.1. The molecule has 30 heavy (non-hydrogen) atoms. The Morgan fingerprint density at radius 1 is 0.767 bits per heavy atom. The average molecular weight is 399 g/mol. The summed E-state index contributed by atoms with van der Waals surface area (Å²) in [6.45, 7) is 1.29. The van der Waals surface area contributed by atoms with Gasteiger partial charge in [0.2, 0.25) is 5.95 Å². The van der Waals surface area contributed by atoms with E-state index in [0.29, 0.717) is 19.0 Å². The molecule has 4 rings (SSSR count). The topological polar surface area (TPSA) is 62.7 Å². The van der Waals surface area contributed by atoms with Crippen molar-refractivity contribution in [3.8, 4) is 11.3 Å². The van der Waals surface area contributed by atoms with Crippen molar-refractivity contribution in [2.75, 3.05) is 17.2 Å². The lowest BCUT2D eigenvalue weighted by Gasteiger charge is -2.12. The number of nitrogens with one attached hydrogen (secondary N) is 2. The van der Waals surface area contributed by atoms with E-state index in [-0.39, 0.29) is 5.82 Å². The molecule has 0 saturated carbocycles. The molecule has 0 atom stereocenters. The molecule has 0 aliphatic carbocycles. The Kier molecular flexibility index (Phi) is 6.25. The molecule has 2 heterocycles. The summed E-state index contributed by atoms with van der Waals surface area (Å²) < 4.78 is 13.1. The average Bonchev–Trinajstić information content (AvgIpc) is 2.80. The fourth-order valence-electron chi connectivity index (χ4n) is 3.04. The third-order valence-electron chi connectivity index (χ3n) is 4.63. The molecule has 6 heteroatoms. The maximum absolute atomic E-state index is 13.1.